The summed E-state index contributed by atoms with van der Waals surface area (Å²) in [5, 5.41) is 0. The summed E-state index contributed by atoms with van der Waals surface area (Å²) in [5.74, 6) is -0.901. The minimum atomic E-state index is -0.643. The Morgan fingerprint density at radius 1 is 1.35 bits per heavy atom. The van der Waals surface area contributed by atoms with Gasteiger partial charge in [-0.2, -0.15) is 0 Å². The van der Waals surface area contributed by atoms with E-state index in [1.165, 1.54) is 18.9 Å². The van der Waals surface area contributed by atoms with E-state index in [0.717, 1.165) is 0 Å². The van der Waals surface area contributed by atoms with Gasteiger partial charge in [0.1, 0.15) is 5.69 Å². The number of aromatic nitrogens is 1. The van der Waals surface area contributed by atoms with Crippen molar-refractivity contribution < 1.29 is 19.1 Å². The van der Waals surface area contributed by atoms with Crippen molar-refractivity contribution in [2.45, 2.75) is 33.7 Å². The largest absolute Gasteiger partial charge is 0.464 e. The van der Waals surface area contributed by atoms with Crippen molar-refractivity contribution in [2.75, 3.05) is 13.7 Å². The zero-order valence-corrected chi connectivity index (χ0v) is 14.6. The first-order chi connectivity index (χ1) is 10.7. The first-order valence-corrected chi connectivity index (χ1v) is 7.35. The van der Waals surface area contributed by atoms with Crippen LogP contribution in [0.25, 0.3) is 0 Å². The molecule has 1 rings (SSSR count). The molecule has 1 aromatic heterocycles. The second-order valence-electron chi connectivity index (χ2n) is 5.48. The molecule has 0 aliphatic heterocycles. The van der Waals surface area contributed by atoms with Crippen molar-refractivity contribution in [3.05, 3.63) is 35.2 Å². The molecular formula is C17H24N2O4. The molecule has 126 valence electrons. The molecule has 1 unspecified atom stereocenters. The average Bonchev–Trinajstić information content (AvgIpc) is 2.72. The highest BCUT2D eigenvalue weighted by molar-refractivity contribution is 6.06. The number of hydrogen-bond acceptors (Lipinski definition) is 4. The Morgan fingerprint density at radius 3 is 2.35 bits per heavy atom. The third-order valence-corrected chi connectivity index (χ3v) is 4.13. The molecule has 0 spiro atoms. The van der Waals surface area contributed by atoms with Crippen LogP contribution in [0.1, 0.15) is 46.0 Å². The van der Waals surface area contributed by atoms with Gasteiger partial charge in [0.05, 0.1) is 13.2 Å². The van der Waals surface area contributed by atoms with E-state index in [9.17, 15) is 14.4 Å². The van der Waals surface area contributed by atoms with Crippen LogP contribution in [0.15, 0.2) is 12.7 Å². The van der Waals surface area contributed by atoms with Gasteiger partial charge in [-0.1, -0.05) is 6.08 Å². The zero-order valence-electron chi connectivity index (χ0n) is 14.6. The number of ketones is 1. The van der Waals surface area contributed by atoms with Gasteiger partial charge in [0.2, 0.25) is 5.91 Å². The van der Waals surface area contributed by atoms with Crippen LogP contribution in [-0.4, -0.2) is 46.8 Å². The number of esters is 1. The monoisotopic (exact) mass is 320 g/mol. The smallest absolute Gasteiger partial charge is 0.354 e. The number of methoxy groups -OCH3 is 1. The Kier molecular flexibility index (Phi) is 5.90. The Balaban J connectivity index is 3.36. The first kappa shape index (κ1) is 18.7. The van der Waals surface area contributed by atoms with Crippen molar-refractivity contribution >= 4 is 17.7 Å². The van der Waals surface area contributed by atoms with Gasteiger partial charge in [-0.15, -0.1) is 6.58 Å². The quantitative estimate of drug-likeness (QED) is 0.457. The number of nitrogens with zero attached hydrogens (tertiary/aromatic N) is 2. The fourth-order valence-electron chi connectivity index (χ4n) is 2.78. The Hall–Kier alpha value is -2.37. The summed E-state index contributed by atoms with van der Waals surface area (Å²) < 4.78 is 6.43. The molecule has 0 fully saturated rings. The van der Waals surface area contributed by atoms with E-state index >= 15 is 0 Å². The lowest BCUT2D eigenvalue weighted by Crippen LogP contribution is -2.42. The molecule has 6 nitrogen and oxygen atoms in total. The second kappa shape index (κ2) is 7.26. The minimum Gasteiger partial charge on any atom is -0.464 e. The predicted octanol–water partition coefficient (Wildman–Crippen LogP) is 2.03. The number of amides is 1. The molecule has 1 aromatic rings. The lowest BCUT2D eigenvalue weighted by atomic mass is 10.00. The van der Waals surface area contributed by atoms with Crippen LogP contribution in [0.4, 0.5) is 0 Å². The Bertz CT molecular complexity index is 658. The van der Waals surface area contributed by atoms with Crippen molar-refractivity contribution in [3.63, 3.8) is 0 Å². The van der Waals surface area contributed by atoms with Crippen LogP contribution in [0.5, 0.6) is 0 Å². The molecule has 0 bridgehead atoms. The molecule has 0 radical (unpaired) electrons. The minimum absolute atomic E-state index is 0.204. The van der Waals surface area contributed by atoms with Crippen molar-refractivity contribution in [2.24, 2.45) is 7.05 Å². The summed E-state index contributed by atoms with van der Waals surface area (Å²) >= 11 is 0. The number of Topliss-reactive ketones (excluding diaryl/α,β-unsaturated/α-hetero) is 1. The molecule has 0 saturated carbocycles. The standard InChI is InChI=1S/C17H24N2O4/c1-8-9-19(13(5)20)12(4)16(21)14-10(2)15(17(22)23-7)18(6)11(14)3/h8,12H,1,9H2,2-7H3. The van der Waals surface area contributed by atoms with E-state index in [-0.39, 0.29) is 18.2 Å². The van der Waals surface area contributed by atoms with E-state index in [1.54, 1.807) is 38.5 Å². The fraction of sp³-hybridized carbons (Fsp3) is 0.471. The number of carbonyl (C=O) groups is 3. The Morgan fingerprint density at radius 2 is 1.91 bits per heavy atom. The molecule has 6 heteroatoms. The Labute approximate surface area is 136 Å². The molecule has 0 N–H and O–H groups in total. The van der Waals surface area contributed by atoms with E-state index in [2.05, 4.69) is 6.58 Å². The highest BCUT2D eigenvalue weighted by Crippen LogP contribution is 2.24. The number of hydrogen-bond donors (Lipinski definition) is 0. The summed E-state index contributed by atoms with van der Waals surface area (Å²) in [7, 11) is 3.01. The predicted molar refractivity (Wildman–Crippen MR) is 87.6 cm³/mol. The first-order valence-electron chi connectivity index (χ1n) is 7.35. The van der Waals surface area contributed by atoms with Gasteiger partial charge < -0.3 is 14.2 Å². The number of rotatable bonds is 6. The van der Waals surface area contributed by atoms with Crippen molar-refractivity contribution in [1.82, 2.24) is 9.47 Å². The molecule has 1 amide bonds. The van der Waals surface area contributed by atoms with Gasteiger partial charge in [0.25, 0.3) is 0 Å². The highest BCUT2D eigenvalue weighted by Gasteiger charge is 2.30. The maximum atomic E-state index is 12.9. The van der Waals surface area contributed by atoms with Crippen LogP contribution in [-0.2, 0) is 16.6 Å². The maximum absolute atomic E-state index is 12.9. The van der Waals surface area contributed by atoms with Crippen LogP contribution in [0, 0.1) is 13.8 Å². The van der Waals surface area contributed by atoms with Gasteiger partial charge in [-0.25, -0.2) is 4.79 Å². The van der Waals surface area contributed by atoms with E-state index in [4.69, 9.17) is 4.74 Å². The summed E-state index contributed by atoms with van der Waals surface area (Å²) in [6, 6.07) is -0.643. The van der Waals surface area contributed by atoms with Gasteiger partial charge in [0.15, 0.2) is 5.78 Å². The number of carbonyl (C=O) groups excluding carboxylic acids is 3. The molecule has 0 aliphatic carbocycles. The number of ether oxygens (including phenoxy) is 1. The van der Waals surface area contributed by atoms with Crippen LogP contribution in [0.3, 0.4) is 0 Å². The third-order valence-electron chi connectivity index (χ3n) is 4.13. The van der Waals surface area contributed by atoms with Gasteiger partial charge in [0, 0.05) is 31.8 Å². The van der Waals surface area contributed by atoms with Gasteiger partial charge >= 0.3 is 5.97 Å². The summed E-state index contributed by atoms with van der Waals surface area (Å²) in [6.45, 7) is 10.5. The van der Waals surface area contributed by atoms with Crippen molar-refractivity contribution in [1.29, 1.82) is 0 Å². The average molecular weight is 320 g/mol. The molecule has 1 atom stereocenters. The van der Waals surface area contributed by atoms with Crippen molar-refractivity contribution in [3.8, 4) is 0 Å². The summed E-state index contributed by atoms with van der Waals surface area (Å²) in [4.78, 5) is 38.0. The molecule has 0 saturated heterocycles. The fourth-order valence-corrected chi connectivity index (χ4v) is 2.78. The lowest BCUT2D eigenvalue weighted by molar-refractivity contribution is -0.129. The zero-order chi connectivity index (χ0) is 17.9. The van der Waals surface area contributed by atoms with Crippen LogP contribution >= 0.6 is 0 Å². The van der Waals surface area contributed by atoms with E-state index in [0.29, 0.717) is 22.5 Å². The molecule has 0 aliphatic rings. The third kappa shape index (κ3) is 3.36. The van der Waals surface area contributed by atoms with E-state index < -0.39 is 12.0 Å². The maximum Gasteiger partial charge on any atom is 0.354 e. The SMILES string of the molecule is C=CCN(C(C)=O)C(C)C(=O)c1c(C)c(C(=O)OC)n(C)c1C. The molecule has 0 aromatic carbocycles. The van der Waals surface area contributed by atoms with Gasteiger partial charge in [-0.05, 0) is 26.3 Å². The molecule has 1 heterocycles. The van der Waals surface area contributed by atoms with Gasteiger partial charge in [-0.3, -0.25) is 9.59 Å². The summed E-state index contributed by atoms with van der Waals surface area (Å²) in [5.41, 5.74) is 2.03. The molecule has 23 heavy (non-hydrogen) atoms. The van der Waals surface area contributed by atoms with Crippen LogP contribution in [0.2, 0.25) is 0 Å². The second-order valence-corrected chi connectivity index (χ2v) is 5.48. The molecular weight excluding hydrogens is 296 g/mol. The van der Waals surface area contributed by atoms with E-state index in [1.807, 2.05) is 0 Å². The van der Waals surface area contributed by atoms with Crippen LogP contribution < -0.4 is 0 Å². The topological polar surface area (TPSA) is 68.6 Å². The summed E-state index contributed by atoms with van der Waals surface area (Å²) in [6.07, 6.45) is 1.58. The lowest BCUT2D eigenvalue weighted by Gasteiger charge is -2.26. The highest BCUT2D eigenvalue weighted by atomic mass is 16.5. The normalized spacial score (nSPS) is 11.7.